The molecule has 2 aliphatic heterocycles. The van der Waals surface area contributed by atoms with E-state index in [1.807, 2.05) is 42.5 Å². The number of hydrogen-bond donors (Lipinski definition) is 1. The van der Waals surface area contributed by atoms with E-state index >= 15 is 0 Å². The monoisotopic (exact) mass is 366 g/mol. The Morgan fingerprint density at radius 3 is 2.69 bits per heavy atom. The summed E-state index contributed by atoms with van der Waals surface area (Å²) in [4.78, 5) is 27.6. The first-order chi connectivity index (χ1) is 12.7. The number of thioether (sulfide) groups is 1. The van der Waals surface area contributed by atoms with Gasteiger partial charge in [-0.3, -0.25) is 14.5 Å². The van der Waals surface area contributed by atoms with Gasteiger partial charge in [0.25, 0.3) is 5.91 Å². The molecule has 5 heteroatoms. The number of anilines is 1. The molecule has 1 saturated heterocycles. The molecular formula is C21H22N2O2S. The molecule has 2 aromatic carbocycles. The number of nitrogens with one attached hydrogen (secondary N) is 1. The second-order valence-electron chi connectivity index (χ2n) is 6.81. The standard InChI is InChI=1S/C21H22N2O2S/c1-2-15(16-8-4-3-5-9-16)14-22-20(25)21-13-12-19(24)23(21)17-10-6-7-11-18(17)26-21/h3-11,15H,2,12-14H2,1H3,(H,22,25)/t15-,21-/m0/s1. The van der Waals surface area contributed by atoms with Crippen molar-refractivity contribution >= 4 is 29.3 Å². The Morgan fingerprint density at radius 2 is 1.92 bits per heavy atom. The van der Waals surface area contributed by atoms with E-state index in [4.69, 9.17) is 0 Å². The zero-order valence-corrected chi connectivity index (χ0v) is 15.6. The highest BCUT2D eigenvalue weighted by molar-refractivity contribution is 8.02. The molecule has 0 bridgehead atoms. The minimum absolute atomic E-state index is 0.0349. The third-order valence-corrected chi connectivity index (χ3v) is 6.78. The van der Waals surface area contributed by atoms with Gasteiger partial charge in [0, 0.05) is 23.8 Å². The van der Waals surface area contributed by atoms with E-state index in [2.05, 4.69) is 24.4 Å². The zero-order valence-electron chi connectivity index (χ0n) is 14.8. The molecule has 0 saturated carbocycles. The Labute approximate surface area is 158 Å². The van der Waals surface area contributed by atoms with Crippen LogP contribution in [-0.4, -0.2) is 23.2 Å². The first-order valence-electron chi connectivity index (χ1n) is 9.10. The minimum Gasteiger partial charge on any atom is -0.353 e. The van der Waals surface area contributed by atoms with Gasteiger partial charge in [-0.1, -0.05) is 61.2 Å². The van der Waals surface area contributed by atoms with Gasteiger partial charge in [-0.2, -0.15) is 0 Å². The molecule has 26 heavy (non-hydrogen) atoms. The third-order valence-electron chi connectivity index (χ3n) is 5.30. The van der Waals surface area contributed by atoms with Crippen molar-refractivity contribution in [2.24, 2.45) is 0 Å². The summed E-state index contributed by atoms with van der Waals surface area (Å²) in [5.74, 6) is 0.252. The van der Waals surface area contributed by atoms with E-state index in [0.29, 0.717) is 19.4 Å². The predicted molar refractivity (Wildman–Crippen MR) is 104 cm³/mol. The smallest absolute Gasteiger partial charge is 0.257 e. The van der Waals surface area contributed by atoms with Crippen LogP contribution in [0.5, 0.6) is 0 Å². The lowest BCUT2D eigenvalue weighted by atomic mass is 9.96. The maximum absolute atomic E-state index is 13.2. The fourth-order valence-corrected chi connectivity index (χ4v) is 5.31. The number of amides is 2. The maximum Gasteiger partial charge on any atom is 0.257 e. The summed E-state index contributed by atoms with van der Waals surface area (Å²) in [5.41, 5.74) is 2.10. The van der Waals surface area contributed by atoms with Crippen molar-refractivity contribution in [3.05, 3.63) is 60.2 Å². The van der Waals surface area contributed by atoms with E-state index in [-0.39, 0.29) is 17.7 Å². The number of nitrogens with zero attached hydrogens (tertiary/aromatic N) is 1. The van der Waals surface area contributed by atoms with E-state index in [9.17, 15) is 9.59 Å². The number of benzene rings is 2. The van der Waals surface area contributed by atoms with E-state index in [1.165, 1.54) is 17.3 Å². The topological polar surface area (TPSA) is 49.4 Å². The minimum atomic E-state index is -0.824. The van der Waals surface area contributed by atoms with E-state index < -0.39 is 4.87 Å². The molecule has 4 rings (SSSR count). The first kappa shape index (κ1) is 17.2. The summed E-state index contributed by atoms with van der Waals surface area (Å²) in [5, 5.41) is 3.14. The summed E-state index contributed by atoms with van der Waals surface area (Å²) < 4.78 is 0. The summed E-state index contributed by atoms with van der Waals surface area (Å²) in [6.07, 6.45) is 1.93. The molecule has 1 fully saturated rings. The first-order valence-corrected chi connectivity index (χ1v) is 9.91. The summed E-state index contributed by atoms with van der Waals surface area (Å²) in [7, 11) is 0. The molecule has 0 unspecified atom stereocenters. The number of fused-ring (bicyclic) bond motifs is 3. The van der Waals surface area contributed by atoms with Crippen LogP contribution >= 0.6 is 11.8 Å². The van der Waals surface area contributed by atoms with Crippen LogP contribution in [0.4, 0.5) is 5.69 Å². The Kier molecular flexibility index (Phi) is 4.49. The van der Waals surface area contributed by atoms with Crippen molar-refractivity contribution in [2.45, 2.75) is 41.9 Å². The lowest BCUT2D eigenvalue weighted by molar-refractivity contribution is -0.124. The Bertz CT molecular complexity index is 839. The van der Waals surface area contributed by atoms with Crippen molar-refractivity contribution in [1.29, 1.82) is 0 Å². The van der Waals surface area contributed by atoms with Crippen molar-refractivity contribution < 1.29 is 9.59 Å². The third kappa shape index (κ3) is 2.71. The average molecular weight is 366 g/mol. The molecule has 1 N–H and O–H groups in total. The van der Waals surface area contributed by atoms with E-state index in [0.717, 1.165) is 17.0 Å². The van der Waals surface area contributed by atoms with Gasteiger partial charge in [-0.25, -0.2) is 0 Å². The number of hydrogen-bond acceptors (Lipinski definition) is 3. The molecule has 4 nitrogen and oxygen atoms in total. The normalized spacial score (nSPS) is 22.0. The summed E-state index contributed by atoms with van der Waals surface area (Å²) >= 11 is 1.51. The van der Waals surface area contributed by atoms with Crippen LogP contribution < -0.4 is 10.2 Å². The molecule has 2 aromatic rings. The van der Waals surface area contributed by atoms with Gasteiger partial charge in [0.05, 0.1) is 5.69 Å². The van der Waals surface area contributed by atoms with Crippen LogP contribution in [0.2, 0.25) is 0 Å². The van der Waals surface area contributed by atoms with Crippen LogP contribution in [0.15, 0.2) is 59.5 Å². The van der Waals surface area contributed by atoms with E-state index in [1.54, 1.807) is 4.90 Å². The lowest BCUT2D eigenvalue weighted by Gasteiger charge is -2.30. The van der Waals surface area contributed by atoms with Crippen molar-refractivity contribution in [2.75, 3.05) is 11.4 Å². The fraction of sp³-hybridized carbons (Fsp3) is 0.333. The Hall–Kier alpha value is -2.27. The predicted octanol–water partition coefficient (Wildman–Crippen LogP) is 3.93. The number of rotatable bonds is 5. The van der Waals surface area contributed by atoms with Crippen molar-refractivity contribution in [3.8, 4) is 0 Å². The molecule has 2 amide bonds. The quantitative estimate of drug-likeness (QED) is 0.872. The Morgan fingerprint density at radius 1 is 1.19 bits per heavy atom. The highest BCUT2D eigenvalue weighted by atomic mass is 32.2. The molecule has 2 aliphatic rings. The second kappa shape index (κ2) is 6.80. The fourth-order valence-electron chi connectivity index (χ4n) is 3.88. The highest BCUT2D eigenvalue weighted by Gasteiger charge is 2.57. The van der Waals surface area contributed by atoms with Gasteiger partial charge in [-0.05, 0) is 30.5 Å². The summed E-state index contributed by atoms with van der Waals surface area (Å²) in [6, 6.07) is 18.0. The SMILES string of the molecule is CC[C@@H](CNC(=O)[C@@]12CCC(=O)N1c1ccccc1S2)c1ccccc1. The molecule has 2 atom stereocenters. The molecule has 0 spiro atoms. The van der Waals surface area contributed by atoms with Crippen LogP contribution in [-0.2, 0) is 9.59 Å². The number of para-hydroxylation sites is 1. The second-order valence-corrected chi connectivity index (χ2v) is 8.13. The molecule has 2 heterocycles. The van der Waals surface area contributed by atoms with Crippen LogP contribution in [0.25, 0.3) is 0 Å². The van der Waals surface area contributed by atoms with Gasteiger partial charge in [0.2, 0.25) is 5.91 Å². The molecule has 134 valence electrons. The Balaban J connectivity index is 1.54. The maximum atomic E-state index is 13.2. The van der Waals surface area contributed by atoms with Crippen LogP contribution in [0, 0.1) is 0 Å². The summed E-state index contributed by atoms with van der Waals surface area (Å²) in [6.45, 7) is 2.72. The largest absolute Gasteiger partial charge is 0.353 e. The van der Waals surface area contributed by atoms with Crippen molar-refractivity contribution in [3.63, 3.8) is 0 Å². The van der Waals surface area contributed by atoms with Crippen LogP contribution in [0.3, 0.4) is 0 Å². The molecule has 0 aliphatic carbocycles. The van der Waals surface area contributed by atoms with Gasteiger partial charge < -0.3 is 5.32 Å². The number of carbonyl (C=O) groups excluding carboxylic acids is 2. The van der Waals surface area contributed by atoms with Crippen molar-refractivity contribution in [1.82, 2.24) is 5.32 Å². The van der Waals surface area contributed by atoms with Crippen LogP contribution in [0.1, 0.15) is 37.7 Å². The van der Waals surface area contributed by atoms with Gasteiger partial charge >= 0.3 is 0 Å². The number of carbonyl (C=O) groups is 2. The average Bonchev–Trinajstić information content (AvgIpc) is 3.19. The van der Waals surface area contributed by atoms with Gasteiger partial charge in [0.1, 0.15) is 0 Å². The zero-order chi connectivity index (χ0) is 18.1. The molecular weight excluding hydrogens is 344 g/mol. The molecule has 0 aromatic heterocycles. The van der Waals surface area contributed by atoms with Gasteiger partial charge in [0.15, 0.2) is 4.87 Å². The molecule has 0 radical (unpaired) electrons. The lowest BCUT2D eigenvalue weighted by Crippen LogP contribution is -2.53. The van der Waals surface area contributed by atoms with Gasteiger partial charge in [-0.15, -0.1) is 0 Å². The highest BCUT2D eigenvalue weighted by Crippen LogP contribution is 2.55.